The molecule has 0 amide bonds. The lowest BCUT2D eigenvalue weighted by Crippen LogP contribution is -1.95. The molecule has 0 bridgehead atoms. The quantitative estimate of drug-likeness (QED) is 0.636. The smallest absolute Gasteiger partial charge is 0.307 e. The summed E-state index contributed by atoms with van der Waals surface area (Å²) in [5.41, 5.74) is 0.630. The van der Waals surface area contributed by atoms with Crippen molar-refractivity contribution in [3.8, 4) is 0 Å². The molecular weight excluding hydrogens is 135 g/mol. The monoisotopic (exact) mass is 142 g/mol. The van der Waals surface area contributed by atoms with Crippen LogP contribution in [0.5, 0.6) is 0 Å². The average Bonchev–Trinajstić information content (AvgIpc) is 2.13. The van der Waals surface area contributed by atoms with Crippen LogP contribution in [0.3, 0.4) is 0 Å². The molecule has 0 radical (unpaired) electrons. The van der Waals surface area contributed by atoms with E-state index in [1.165, 1.54) is 12.2 Å². The highest BCUT2D eigenvalue weighted by Crippen LogP contribution is 2.21. The van der Waals surface area contributed by atoms with Gasteiger partial charge in [0.1, 0.15) is 5.83 Å². The predicted octanol–water partition coefficient (Wildman–Crippen LogP) is 1.64. The summed E-state index contributed by atoms with van der Waals surface area (Å²) in [4.78, 5) is 10.1. The predicted molar refractivity (Wildman–Crippen MR) is 34.1 cm³/mol. The zero-order valence-electron chi connectivity index (χ0n) is 5.30. The molecule has 54 valence electrons. The van der Waals surface area contributed by atoms with E-state index in [0.29, 0.717) is 5.57 Å². The van der Waals surface area contributed by atoms with E-state index in [2.05, 4.69) is 0 Å². The Bertz CT molecular complexity index is 216. The Morgan fingerprint density at radius 1 is 1.70 bits per heavy atom. The van der Waals surface area contributed by atoms with E-state index >= 15 is 0 Å². The molecule has 10 heavy (non-hydrogen) atoms. The summed E-state index contributed by atoms with van der Waals surface area (Å²) in [6.07, 6.45) is 2.94. The molecule has 1 aliphatic rings. The summed E-state index contributed by atoms with van der Waals surface area (Å²) in [6, 6.07) is 0. The molecule has 0 saturated heterocycles. The van der Waals surface area contributed by atoms with Gasteiger partial charge >= 0.3 is 5.97 Å². The van der Waals surface area contributed by atoms with Crippen LogP contribution in [0.4, 0.5) is 4.39 Å². The zero-order valence-corrected chi connectivity index (χ0v) is 5.30. The number of halogens is 1. The Hall–Kier alpha value is -1.12. The fourth-order valence-corrected chi connectivity index (χ4v) is 0.859. The van der Waals surface area contributed by atoms with Crippen molar-refractivity contribution in [1.29, 1.82) is 0 Å². The van der Waals surface area contributed by atoms with Gasteiger partial charge in [-0.1, -0.05) is 11.6 Å². The molecule has 1 rings (SSSR count). The Morgan fingerprint density at radius 3 is 2.80 bits per heavy atom. The number of hydrogen-bond acceptors (Lipinski definition) is 1. The van der Waals surface area contributed by atoms with Crippen molar-refractivity contribution in [3.63, 3.8) is 0 Å². The van der Waals surface area contributed by atoms with E-state index in [0.717, 1.165) is 0 Å². The van der Waals surface area contributed by atoms with Crippen LogP contribution in [0.1, 0.15) is 12.8 Å². The van der Waals surface area contributed by atoms with Crippen LogP contribution in [0.2, 0.25) is 0 Å². The molecule has 0 heterocycles. The maximum atomic E-state index is 12.2. The molecule has 1 aliphatic carbocycles. The largest absolute Gasteiger partial charge is 0.481 e. The van der Waals surface area contributed by atoms with Gasteiger partial charge in [-0.3, -0.25) is 4.79 Å². The topological polar surface area (TPSA) is 37.3 Å². The first kappa shape index (κ1) is 6.99. The summed E-state index contributed by atoms with van der Waals surface area (Å²) >= 11 is 0. The summed E-state index contributed by atoms with van der Waals surface area (Å²) in [5, 5.41) is 8.27. The average molecular weight is 142 g/mol. The van der Waals surface area contributed by atoms with Crippen LogP contribution in [0, 0.1) is 0 Å². The van der Waals surface area contributed by atoms with Crippen molar-refractivity contribution in [2.45, 2.75) is 12.8 Å². The molecule has 0 aromatic heterocycles. The summed E-state index contributed by atoms with van der Waals surface area (Å²) < 4.78 is 12.2. The summed E-state index contributed by atoms with van der Waals surface area (Å²) in [5.74, 6) is -1.16. The number of carboxylic acid groups (broad SMARTS) is 1. The second kappa shape index (κ2) is 2.64. The summed E-state index contributed by atoms with van der Waals surface area (Å²) in [6.45, 7) is 0. The zero-order chi connectivity index (χ0) is 7.56. The van der Waals surface area contributed by atoms with Crippen LogP contribution in [0.15, 0.2) is 23.6 Å². The molecule has 0 atom stereocenters. The van der Waals surface area contributed by atoms with Gasteiger partial charge in [0.2, 0.25) is 0 Å². The number of carbonyl (C=O) groups is 1. The second-order valence-electron chi connectivity index (χ2n) is 2.19. The SMILES string of the molecule is O=C(O)CC1=CC=C(F)C1. The van der Waals surface area contributed by atoms with E-state index < -0.39 is 5.97 Å². The number of rotatable bonds is 2. The first-order valence-corrected chi connectivity index (χ1v) is 2.94. The van der Waals surface area contributed by atoms with Gasteiger partial charge < -0.3 is 5.11 Å². The first-order chi connectivity index (χ1) is 4.68. The molecule has 0 spiro atoms. The van der Waals surface area contributed by atoms with Gasteiger partial charge in [0, 0.05) is 6.42 Å². The van der Waals surface area contributed by atoms with Crippen LogP contribution in [-0.4, -0.2) is 11.1 Å². The Kier molecular flexibility index (Phi) is 1.85. The highest BCUT2D eigenvalue weighted by molar-refractivity contribution is 5.70. The van der Waals surface area contributed by atoms with Gasteiger partial charge in [-0.2, -0.15) is 0 Å². The Morgan fingerprint density at radius 2 is 2.40 bits per heavy atom. The van der Waals surface area contributed by atoms with Gasteiger partial charge in [-0.15, -0.1) is 0 Å². The molecule has 0 aliphatic heterocycles. The number of allylic oxidation sites excluding steroid dienone is 3. The number of hydrogen-bond donors (Lipinski definition) is 1. The molecule has 0 aromatic carbocycles. The van der Waals surface area contributed by atoms with Gasteiger partial charge in [0.25, 0.3) is 0 Å². The van der Waals surface area contributed by atoms with Crippen molar-refractivity contribution in [2.24, 2.45) is 0 Å². The lowest BCUT2D eigenvalue weighted by Gasteiger charge is -1.93. The maximum Gasteiger partial charge on any atom is 0.307 e. The fourth-order valence-electron chi connectivity index (χ4n) is 0.859. The third-order valence-electron chi connectivity index (χ3n) is 1.27. The Balaban J connectivity index is 2.43. The molecule has 0 saturated carbocycles. The van der Waals surface area contributed by atoms with Gasteiger partial charge in [0.15, 0.2) is 0 Å². The molecule has 1 N–H and O–H groups in total. The van der Waals surface area contributed by atoms with Gasteiger partial charge in [-0.05, 0) is 6.08 Å². The lowest BCUT2D eigenvalue weighted by molar-refractivity contribution is -0.136. The Labute approximate surface area is 57.7 Å². The minimum Gasteiger partial charge on any atom is -0.481 e. The first-order valence-electron chi connectivity index (χ1n) is 2.94. The van der Waals surface area contributed by atoms with Crippen molar-refractivity contribution in [1.82, 2.24) is 0 Å². The molecule has 0 aromatic rings. The van der Waals surface area contributed by atoms with E-state index in [-0.39, 0.29) is 18.7 Å². The van der Waals surface area contributed by atoms with E-state index in [1.807, 2.05) is 0 Å². The van der Waals surface area contributed by atoms with Crippen molar-refractivity contribution in [3.05, 3.63) is 23.6 Å². The molecular formula is C7H7FO2. The van der Waals surface area contributed by atoms with E-state index in [9.17, 15) is 9.18 Å². The van der Waals surface area contributed by atoms with Crippen LogP contribution in [-0.2, 0) is 4.79 Å². The lowest BCUT2D eigenvalue weighted by atomic mass is 10.2. The standard InChI is InChI=1S/C7H7FO2/c8-6-2-1-5(3-6)4-7(9)10/h1-2H,3-4H2,(H,9,10). The molecule has 3 heteroatoms. The number of carboxylic acids is 1. The minimum absolute atomic E-state index is 0.0517. The van der Waals surface area contributed by atoms with Crippen molar-refractivity contribution < 1.29 is 14.3 Å². The highest BCUT2D eigenvalue weighted by atomic mass is 19.1. The normalized spacial score (nSPS) is 16.5. The molecule has 2 nitrogen and oxygen atoms in total. The van der Waals surface area contributed by atoms with Crippen molar-refractivity contribution >= 4 is 5.97 Å². The summed E-state index contributed by atoms with van der Waals surface area (Å²) in [7, 11) is 0. The van der Waals surface area contributed by atoms with E-state index in [1.54, 1.807) is 0 Å². The molecule has 0 fully saturated rings. The third-order valence-corrected chi connectivity index (χ3v) is 1.27. The van der Waals surface area contributed by atoms with Gasteiger partial charge in [0.05, 0.1) is 6.42 Å². The minimum atomic E-state index is -0.908. The highest BCUT2D eigenvalue weighted by Gasteiger charge is 2.09. The maximum absolute atomic E-state index is 12.2. The third kappa shape index (κ3) is 1.69. The number of aliphatic carboxylic acids is 1. The molecule has 0 unspecified atom stereocenters. The van der Waals surface area contributed by atoms with E-state index in [4.69, 9.17) is 5.11 Å². The van der Waals surface area contributed by atoms with Crippen LogP contribution in [0.25, 0.3) is 0 Å². The van der Waals surface area contributed by atoms with Crippen molar-refractivity contribution in [2.75, 3.05) is 0 Å². The van der Waals surface area contributed by atoms with Gasteiger partial charge in [-0.25, -0.2) is 4.39 Å². The van der Waals surface area contributed by atoms with Crippen LogP contribution >= 0.6 is 0 Å². The second-order valence-corrected chi connectivity index (χ2v) is 2.19. The van der Waals surface area contributed by atoms with Crippen LogP contribution < -0.4 is 0 Å². The fraction of sp³-hybridized carbons (Fsp3) is 0.286.